The van der Waals surface area contributed by atoms with E-state index < -0.39 is 0 Å². The lowest BCUT2D eigenvalue weighted by Crippen LogP contribution is -3.13. The molecule has 0 spiro atoms. The molecule has 2 aliphatic heterocycles. The van der Waals surface area contributed by atoms with E-state index in [0.29, 0.717) is 12.2 Å². The first-order valence-corrected chi connectivity index (χ1v) is 4.28. The Morgan fingerprint density at radius 3 is 3.00 bits per heavy atom. The second kappa shape index (κ2) is 2.71. The summed E-state index contributed by atoms with van der Waals surface area (Å²) >= 11 is 0. The summed E-state index contributed by atoms with van der Waals surface area (Å²) in [5.74, 6) is 0.781. The molecule has 2 fully saturated rings. The number of nitrogens with one attached hydrogen (secondary N) is 3. The zero-order valence-electron chi connectivity index (χ0n) is 7.09. The fourth-order valence-corrected chi connectivity index (χ4v) is 2.10. The van der Waals surface area contributed by atoms with Crippen molar-refractivity contribution in [1.82, 2.24) is 10.7 Å². The van der Waals surface area contributed by atoms with Gasteiger partial charge in [-0.3, -0.25) is 5.32 Å². The van der Waals surface area contributed by atoms with E-state index in [0.717, 1.165) is 12.5 Å². The van der Waals surface area contributed by atoms with E-state index in [-0.39, 0.29) is 0 Å². The van der Waals surface area contributed by atoms with Gasteiger partial charge in [0.1, 0.15) is 6.17 Å². The molecule has 0 aromatic heterocycles. The SMILES string of the molecule is C[N-][NH+]1CC2CC(C)NC2N1. The lowest BCUT2D eigenvalue weighted by molar-refractivity contribution is -0.898. The average Bonchev–Trinajstić information content (AvgIpc) is 2.43. The van der Waals surface area contributed by atoms with Crippen molar-refractivity contribution < 1.29 is 5.12 Å². The van der Waals surface area contributed by atoms with Crippen LogP contribution in [0.25, 0.3) is 5.43 Å². The Morgan fingerprint density at radius 2 is 2.36 bits per heavy atom. The summed E-state index contributed by atoms with van der Waals surface area (Å²) in [6, 6.07) is 0.677. The first-order valence-electron chi connectivity index (χ1n) is 4.28. The molecule has 64 valence electrons. The summed E-state index contributed by atoms with van der Waals surface area (Å²) in [5, 5.41) is 4.65. The van der Waals surface area contributed by atoms with Crippen LogP contribution in [0.15, 0.2) is 0 Å². The lowest BCUT2D eigenvalue weighted by atomic mass is 10.1. The quantitative estimate of drug-likeness (QED) is 0.438. The van der Waals surface area contributed by atoms with E-state index in [2.05, 4.69) is 23.1 Å². The Hall–Kier alpha value is -0.160. The molecular weight excluding hydrogens is 140 g/mol. The van der Waals surface area contributed by atoms with E-state index in [4.69, 9.17) is 0 Å². The maximum Gasteiger partial charge on any atom is 0.113 e. The molecule has 2 aliphatic rings. The molecule has 2 saturated heterocycles. The average molecular weight is 156 g/mol. The second-order valence-corrected chi connectivity index (χ2v) is 3.56. The molecule has 3 N–H and O–H groups in total. The van der Waals surface area contributed by atoms with Crippen molar-refractivity contribution >= 4 is 0 Å². The van der Waals surface area contributed by atoms with Gasteiger partial charge in [0.2, 0.25) is 0 Å². The minimum atomic E-state index is 0.503. The van der Waals surface area contributed by atoms with Crippen molar-refractivity contribution in [3.8, 4) is 0 Å². The molecule has 0 aromatic rings. The van der Waals surface area contributed by atoms with Gasteiger partial charge in [-0.1, -0.05) is 0 Å². The van der Waals surface area contributed by atoms with Crippen molar-refractivity contribution in [2.45, 2.75) is 25.6 Å². The van der Waals surface area contributed by atoms with Gasteiger partial charge in [0.15, 0.2) is 0 Å². The zero-order chi connectivity index (χ0) is 7.84. The predicted octanol–water partition coefficient (Wildman–Crippen LogP) is -1.37. The van der Waals surface area contributed by atoms with Gasteiger partial charge < -0.3 is 10.5 Å². The molecule has 2 heterocycles. The summed E-state index contributed by atoms with van der Waals surface area (Å²) < 4.78 is 0. The topological polar surface area (TPSA) is 42.6 Å². The summed E-state index contributed by atoms with van der Waals surface area (Å²) in [6.07, 6.45) is 1.79. The zero-order valence-corrected chi connectivity index (χ0v) is 7.09. The highest BCUT2D eigenvalue weighted by molar-refractivity contribution is 4.87. The Labute approximate surface area is 67.3 Å². The maximum atomic E-state index is 4.16. The predicted molar refractivity (Wildman–Crippen MR) is 42.7 cm³/mol. The first-order chi connectivity index (χ1) is 5.29. The molecule has 0 bridgehead atoms. The molecule has 4 heteroatoms. The molecule has 11 heavy (non-hydrogen) atoms. The van der Waals surface area contributed by atoms with Crippen molar-refractivity contribution in [3.05, 3.63) is 5.43 Å². The smallest absolute Gasteiger partial charge is 0.113 e. The van der Waals surface area contributed by atoms with Crippen LogP contribution in [0.4, 0.5) is 0 Å². The van der Waals surface area contributed by atoms with Crippen LogP contribution >= 0.6 is 0 Å². The molecule has 4 atom stereocenters. The number of hydrogen-bond acceptors (Lipinski definition) is 2. The van der Waals surface area contributed by atoms with Crippen molar-refractivity contribution in [3.63, 3.8) is 0 Å². The van der Waals surface area contributed by atoms with Gasteiger partial charge >= 0.3 is 0 Å². The summed E-state index contributed by atoms with van der Waals surface area (Å²) in [7, 11) is 1.85. The van der Waals surface area contributed by atoms with Gasteiger partial charge in [0, 0.05) is 12.0 Å². The number of quaternary nitrogens is 1. The summed E-state index contributed by atoms with van der Waals surface area (Å²) in [6.45, 7) is 3.38. The normalized spacial score (nSPS) is 49.6. The van der Waals surface area contributed by atoms with Gasteiger partial charge in [0.25, 0.3) is 0 Å². The van der Waals surface area contributed by atoms with Crippen molar-refractivity contribution in [1.29, 1.82) is 0 Å². The highest BCUT2D eigenvalue weighted by Crippen LogP contribution is 2.18. The van der Waals surface area contributed by atoms with Gasteiger partial charge in [-0.2, -0.15) is 5.43 Å². The Morgan fingerprint density at radius 1 is 1.55 bits per heavy atom. The number of nitrogens with zero attached hydrogens (tertiary/aromatic N) is 1. The van der Waals surface area contributed by atoms with Gasteiger partial charge in [-0.25, -0.2) is 0 Å². The molecule has 4 nitrogen and oxygen atoms in total. The summed E-state index contributed by atoms with van der Waals surface area (Å²) in [5.41, 5.74) is 7.53. The third-order valence-corrected chi connectivity index (χ3v) is 2.64. The fraction of sp³-hybridized carbons (Fsp3) is 1.00. The third-order valence-electron chi connectivity index (χ3n) is 2.64. The lowest BCUT2D eigenvalue weighted by Gasteiger charge is -2.23. The molecule has 2 rings (SSSR count). The Kier molecular flexibility index (Phi) is 1.85. The van der Waals surface area contributed by atoms with E-state index in [1.807, 2.05) is 7.05 Å². The Bertz CT molecular complexity index is 135. The van der Waals surface area contributed by atoms with Crippen LogP contribution in [-0.4, -0.2) is 25.8 Å². The van der Waals surface area contributed by atoms with Crippen molar-refractivity contribution in [2.24, 2.45) is 5.92 Å². The van der Waals surface area contributed by atoms with E-state index in [9.17, 15) is 0 Å². The standard InChI is InChI=1S/C7H16N4/c1-5-3-6-4-11(8-2)10-7(6)9-5/h5-7,9-11H,3-4H2,1-2H3. The van der Waals surface area contributed by atoms with Crippen LogP contribution in [0.2, 0.25) is 0 Å². The molecule has 0 amide bonds. The molecule has 0 radical (unpaired) electrons. The third kappa shape index (κ3) is 1.27. The van der Waals surface area contributed by atoms with Crippen LogP contribution in [0.3, 0.4) is 0 Å². The largest absolute Gasteiger partial charge is 0.437 e. The monoisotopic (exact) mass is 156 g/mol. The minimum absolute atomic E-state index is 0.503. The van der Waals surface area contributed by atoms with Gasteiger partial charge in [-0.15, -0.1) is 7.05 Å². The first kappa shape index (κ1) is 7.49. The van der Waals surface area contributed by atoms with Crippen LogP contribution in [0.1, 0.15) is 13.3 Å². The molecule has 0 aromatic carbocycles. The van der Waals surface area contributed by atoms with Crippen molar-refractivity contribution in [2.75, 3.05) is 13.6 Å². The number of hydrogen-bond donors (Lipinski definition) is 3. The van der Waals surface area contributed by atoms with Gasteiger partial charge in [-0.05, 0) is 13.3 Å². The number of rotatable bonds is 1. The van der Waals surface area contributed by atoms with Gasteiger partial charge in [0.05, 0.1) is 6.54 Å². The highest BCUT2D eigenvalue weighted by Gasteiger charge is 2.39. The highest BCUT2D eigenvalue weighted by atomic mass is 15.8. The van der Waals surface area contributed by atoms with E-state index >= 15 is 0 Å². The van der Waals surface area contributed by atoms with Crippen LogP contribution in [0, 0.1) is 5.92 Å². The number of fused-ring (bicyclic) bond motifs is 1. The van der Waals surface area contributed by atoms with Crippen LogP contribution in [-0.2, 0) is 0 Å². The van der Waals surface area contributed by atoms with Crippen LogP contribution in [0.5, 0.6) is 0 Å². The second-order valence-electron chi connectivity index (χ2n) is 3.56. The Balaban J connectivity index is 1.93. The minimum Gasteiger partial charge on any atom is -0.437 e. The fourth-order valence-electron chi connectivity index (χ4n) is 2.10. The van der Waals surface area contributed by atoms with Crippen LogP contribution < -0.4 is 15.9 Å². The van der Waals surface area contributed by atoms with E-state index in [1.54, 1.807) is 0 Å². The van der Waals surface area contributed by atoms with E-state index in [1.165, 1.54) is 11.5 Å². The molecular formula is C7H16N4. The maximum absolute atomic E-state index is 4.16. The molecule has 0 saturated carbocycles. The molecule has 0 aliphatic carbocycles. The molecule has 4 unspecified atom stereocenters. The summed E-state index contributed by atoms with van der Waals surface area (Å²) in [4.78, 5) is 0.